The Morgan fingerprint density at radius 2 is 2.47 bits per heavy atom. The molecule has 0 radical (unpaired) electrons. The van der Waals surface area contributed by atoms with Crippen molar-refractivity contribution >= 4 is 0 Å². The van der Waals surface area contributed by atoms with Crippen LogP contribution in [0, 0.1) is 0 Å². The third-order valence-electron chi connectivity index (χ3n) is 2.42. The lowest BCUT2D eigenvalue weighted by molar-refractivity contribution is 0.268. The molecule has 1 unspecified atom stereocenters. The largest absolute Gasteiger partial charge is 0.497 e. The minimum atomic E-state index is -0.145. The average molecular weight is 205 g/mol. The normalized spacial score (nSPS) is 18.3. The summed E-state index contributed by atoms with van der Waals surface area (Å²) in [7, 11) is 1.61. The van der Waals surface area contributed by atoms with E-state index < -0.39 is 0 Å². The molecule has 2 rings (SSSR count). The van der Waals surface area contributed by atoms with E-state index in [1.54, 1.807) is 7.11 Å². The number of benzene rings is 1. The van der Waals surface area contributed by atoms with Crippen molar-refractivity contribution < 1.29 is 9.47 Å². The molecule has 1 aliphatic heterocycles. The van der Waals surface area contributed by atoms with Crippen LogP contribution in [-0.4, -0.2) is 13.7 Å². The second-order valence-electron chi connectivity index (χ2n) is 3.26. The van der Waals surface area contributed by atoms with Crippen LogP contribution in [0.25, 0.3) is 10.4 Å². The van der Waals surface area contributed by atoms with E-state index in [0.29, 0.717) is 13.0 Å². The molecule has 0 aromatic heterocycles. The maximum absolute atomic E-state index is 8.46. The molecule has 0 aliphatic carbocycles. The van der Waals surface area contributed by atoms with Crippen molar-refractivity contribution in [3.8, 4) is 11.5 Å². The minimum absolute atomic E-state index is 0.145. The van der Waals surface area contributed by atoms with Gasteiger partial charge in [0.2, 0.25) is 0 Å². The average Bonchev–Trinajstić information content (AvgIpc) is 2.29. The van der Waals surface area contributed by atoms with Crippen molar-refractivity contribution in [3.63, 3.8) is 0 Å². The van der Waals surface area contributed by atoms with Crippen LogP contribution < -0.4 is 9.47 Å². The predicted octanol–water partition coefficient (Wildman–Crippen LogP) is 2.83. The van der Waals surface area contributed by atoms with Crippen LogP contribution in [0.2, 0.25) is 0 Å². The summed E-state index contributed by atoms with van der Waals surface area (Å²) in [5, 5.41) is 3.75. The molecule has 0 spiro atoms. The molecular formula is C10H11N3O2. The Balaban J connectivity index is 2.43. The van der Waals surface area contributed by atoms with Crippen molar-refractivity contribution in [2.45, 2.75) is 12.5 Å². The lowest BCUT2D eigenvalue weighted by Crippen LogP contribution is -2.12. The quantitative estimate of drug-likeness (QED) is 0.423. The van der Waals surface area contributed by atoms with Gasteiger partial charge in [0.05, 0.1) is 19.8 Å². The highest BCUT2D eigenvalue weighted by molar-refractivity contribution is 5.43. The molecule has 1 aromatic rings. The number of azide groups is 1. The zero-order valence-corrected chi connectivity index (χ0v) is 8.38. The summed E-state index contributed by atoms with van der Waals surface area (Å²) in [4.78, 5) is 2.84. The molecule has 15 heavy (non-hydrogen) atoms. The molecule has 78 valence electrons. The van der Waals surface area contributed by atoms with E-state index in [9.17, 15) is 0 Å². The van der Waals surface area contributed by atoms with Crippen LogP contribution in [-0.2, 0) is 0 Å². The number of rotatable bonds is 2. The van der Waals surface area contributed by atoms with Crippen LogP contribution in [0.3, 0.4) is 0 Å². The Bertz CT molecular complexity index is 413. The summed E-state index contributed by atoms with van der Waals surface area (Å²) in [6.45, 7) is 0.586. The van der Waals surface area contributed by atoms with Gasteiger partial charge in [-0.2, -0.15) is 0 Å². The van der Waals surface area contributed by atoms with Gasteiger partial charge in [0.25, 0.3) is 0 Å². The van der Waals surface area contributed by atoms with Gasteiger partial charge in [0.15, 0.2) is 0 Å². The van der Waals surface area contributed by atoms with Gasteiger partial charge in [0.1, 0.15) is 11.5 Å². The molecule has 1 aromatic carbocycles. The van der Waals surface area contributed by atoms with E-state index in [-0.39, 0.29) is 6.04 Å². The van der Waals surface area contributed by atoms with Gasteiger partial charge >= 0.3 is 0 Å². The molecule has 1 aliphatic rings. The second kappa shape index (κ2) is 4.11. The second-order valence-corrected chi connectivity index (χ2v) is 3.26. The van der Waals surface area contributed by atoms with Crippen molar-refractivity contribution in [1.29, 1.82) is 0 Å². The first-order chi connectivity index (χ1) is 7.35. The van der Waals surface area contributed by atoms with Crippen molar-refractivity contribution in [3.05, 3.63) is 34.2 Å². The number of nitrogens with zero attached hydrogens (tertiary/aromatic N) is 3. The molecule has 0 bridgehead atoms. The highest BCUT2D eigenvalue weighted by atomic mass is 16.5. The summed E-state index contributed by atoms with van der Waals surface area (Å²) in [5.41, 5.74) is 9.36. The molecule has 0 saturated carbocycles. The molecule has 1 atom stereocenters. The third-order valence-corrected chi connectivity index (χ3v) is 2.42. The molecule has 0 saturated heterocycles. The highest BCUT2D eigenvalue weighted by Crippen LogP contribution is 2.36. The summed E-state index contributed by atoms with van der Waals surface area (Å²) >= 11 is 0. The van der Waals surface area contributed by atoms with Crippen molar-refractivity contribution in [2.24, 2.45) is 5.11 Å². The maximum atomic E-state index is 8.46. The zero-order chi connectivity index (χ0) is 10.7. The first-order valence-electron chi connectivity index (χ1n) is 4.70. The minimum Gasteiger partial charge on any atom is -0.497 e. The first-order valence-corrected chi connectivity index (χ1v) is 4.70. The van der Waals surface area contributed by atoms with E-state index in [0.717, 1.165) is 17.1 Å². The molecule has 1 heterocycles. The van der Waals surface area contributed by atoms with Gasteiger partial charge in [-0.3, -0.25) is 0 Å². The summed E-state index contributed by atoms with van der Waals surface area (Å²) in [5.74, 6) is 1.52. The Hall–Kier alpha value is -1.87. The van der Waals surface area contributed by atoms with Gasteiger partial charge < -0.3 is 9.47 Å². The monoisotopic (exact) mass is 205 g/mol. The van der Waals surface area contributed by atoms with E-state index >= 15 is 0 Å². The molecule has 0 amide bonds. The number of fused-ring (bicyclic) bond motifs is 1. The van der Waals surface area contributed by atoms with Crippen LogP contribution in [0.4, 0.5) is 0 Å². The van der Waals surface area contributed by atoms with Gasteiger partial charge in [0, 0.05) is 10.5 Å². The fourth-order valence-electron chi connectivity index (χ4n) is 1.66. The predicted molar refractivity (Wildman–Crippen MR) is 55.0 cm³/mol. The summed E-state index contributed by atoms with van der Waals surface area (Å²) < 4.78 is 10.6. The fraction of sp³-hybridized carbons (Fsp3) is 0.400. The van der Waals surface area contributed by atoms with E-state index in [1.165, 1.54) is 0 Å². The fourth-order valence-corrected chi connectivity index (χ4v) is 1.66. The molecular weight excluding hydrogens is 194 g/mol. The number of hydrogen-bond donors (Lipinski definition) is 0. The van der Waals surface area contributed by atoms with Crippen LogP contribution in [0.15, 0.2) is 23.3 Å². The third kappa shape index (κ3) is 1.82. The standard InChI is InChI=1S/C10H11N3O2/c1-14-7-2-3-10-8(6-7)9(12-13-11)4-5-15-10/h2-3,6,9H,4-5H2,1H3. The SMILES string of the molecule is COc1ccc2c(c1)C(N=[N+]=[N-])CCO2. The Morgan fingerprint density at radius 1 is 1.60 bits per heavy atom. The maximum Gasteiger partial charge on any atom is 0.123 e. The van der Waals surface area contributed by atoms with E-state index in [2.05, 4.69) is 10.0 Å². The van der Waals surface area contributed by atoms with Crippen molar-refractivity contribution in [2.75, 3.05) is 13.7 Å². The topological polar surface area (TPSA) is 67.2 Å². The molecule has 0 fully saturated rings. The van der Waals surface area contributed by atoms with Crippen molar-refractivity contribution in [1.82, 2.24) is 0 Å². The van der Waals surface area contributed by atoms with Crippen LogP contribution in [0.1, 0.15) is 18.0 Å². The summed E-state index contributed by atoms with van der Waals surface area (Å²) in [6, 6.07) is 5.38. The van der Waals surface area contributed by atoms with Gasteiger partial charge in [-0.05, 0) is 30.2 Å². The smallest absolute Gasteiger partial charge is 0.123 e. The highest BCUT2D eigenvalue weighted by Gasteiger charge is 2.20. The van der Waals surface area contributed by atoms with E-state index in [1.807, 2.05) is 18.2 Å². The lowest BCUT2D eigenvalue weighted by atomic mass is 10.0. The number of methoxy groups -OCH3 is 1. The van der Waals surface area contributed by atoms with Gasteiger partial charge in [-0.15, -0.1) is 0 Å². The zero-order valence-electron chi connectivity index (χ0n) is 8.38. The Morgan fingerprint density at radius 3 is 3.20 bits per heavy atom. The summed E-state index contributed by atoms with van der Waals surface area (Å²) in [6.07, 6.45) is 0.713. The number of ether oxygens (including phenoxy) is 2. The Labute approximate surface area is 87.2 Å². The van der Waals surface area contributed by atoms with Crippen LogP contribution in [0.5, 0.6) is 11.5 Å². The van der Waals surface area contributed by atoms with Gasteiger partial charge in [-0.1, -0.05) is 5.11 Å². The van der Waals surface area contributed by atoms with Gasteiger partial charge in [-0.25, -0.2) is 0 Å². The first kappa shape index (κ1) is 9.68. The number of hydrogen-bond acceptors (Lipinski definition) is 3. The molecule has 0 N–H and O–H groups in total. The Kier molecular flexibility index (Phi) is 2.65. The van der Waals surface area contributed by atoms with E-state index in [4.69, 9.17) is 15.0 Å². The molecule has 5 nitrogen and oxygen atoms in total. The van der Waals surface area contributed by atoms with Crippen LogP contribution >= 0.6 is 0 Å². The molecule has 5 heteroatoms. The lowest BCUT2D eigenvalue weighted by Gasteiger charge is -2.22.